The number of sulfonamides is 1. The number of halogens is 1. The van der Waals surface area contributed by atoms with Crippen LogP contribution < -0.4 is 10.1 Å². The largest absolute Gasteiger partial charge is 0.492 e. The van der Waals surface area contributed by atoms with Gasteiger partial charge in [0.1, 0.15) is 16.7 Å². The maximum absolute atomic E-state index is 11.8. The van der Waals surface area contributed by atoms with E-state index in [0.29, 0.717) is 20.5 Å². The van der Waals surface area contributed by atoms with E-state index >= 15 is 0 Å². The molecule has 0 aliphatic carbocycles. The zero-order chi connectivity index (χ0) is 17.9. The molecule has 1 fully saturated rings. The molecule has 0 aromatic heterocycles. The first-order chi connectivity index (χ1) is 11.2. The second-order valence-electron chi connectivity index (χ2n) is 4.97. The minimum absolute atomic E-state index is 0.194. The van der Waals surface area contributed by atoms with E-state index in [4.69, 9.17) is 17.0 Å². The summed E-state index contributed by atoms with van der Waals surface area (Å²) in [5, 5.41) is 2.56. The fourth-order valence-corrected chi connectivity index (χ4v) is 3.60. The Labute approximate surface area is 158 Å². The lowest BCUT2D eigenvalue weighted by Gasteiger charge is -2.15. The second kappa shape index (κ2) is 7.96. The van der Waals surface area contributed by atoms with Crippen molar-refractivity contribution in [2.45, 2.75) is 0 Å². The van der Waals surface area contributed by atoms with Crippen molar-refractivity contribution in [2.75, 3.05) is 26.5 Å². The second-order valence-corrected chi connectivity index (χ2v) is 9.69. The number of hydrogen-bond acceptors (Lipinski definition) is 6. The molecule has 0 radical (unpaired) electrons. The van der Waals surface area contributed by atoms with Crippen molar-refractivity contribution < 1.29 is 17.9 Å². The molecule has 2 rings (SSSR count). The third-order valence-corrected chi connectivity index (χ3v) is 6.10. The van der Waals surface area contributed by atoms with Crippen LogP contribution in [0.1, 0.15) is 5.56 Å². The first-order valence-electron chi connectivity index (χ1n) is 6.75. The summed E-state index contributed by atoms with van der Waals surface area (Å²) in [6.45, 7) is 0.420. The quantitative estimate of drug-likeness (QED) is 0.528. The van der Waals surface area contributed by atoms with E-state index in [1.54, 1.807) is 12.1 Å². The summed E-state index contributed by atoms with van der Waals surface area (Å²) in [5.74, 6) is 0.312. The van der Waals surface area contributed by atoms with Gasteiger partial charge < -0.3 is 10.1 Å². The Morgan fingerprint density at radius 3 is 2.75 bits per heavy atom. The van der Waals surface area contributed by atoms with Crippen molar-refractivity contribution in [3.63, 3.8) is 0 Å². The molecule has 0 unspecified atom stereocenters. The fourth-order valence-electron chi connectivity index (χ4n) is 1.78. The summed E-state index contributed by atoms with van der Waals surface area (Å²) in [6.07, 6.45) is 2.83. The van der Waals surface area contributed by atoms with Crippen molar-refractivity contribution in [3.05, 3.63) is 33.1 Å². The average molecular weight is 451 g/mol. The Balaban J connectivity index is 2.15. The number of ether oxygens (including phenoxy) is 1. The molecule has 1 N–H and O–H groups in total. The van der Waals surface area contributed by atoms with Gasteiger partial charge in [-0.15, -0.1) is 0 Å². The van der Waals surface area contributed by atoms with Crippen molar-refractivity contribution in [1.82, 2.24) is 9.62 Å². The van der Waals surface area contributed by atoms with Crippen molar-refractivity contribution in [2.24, 2.45) is 0 Å². The van der Waals surface area contributed by atoms with Crippen LogP contribution in [-0.4, -0.2) is 49.4 Å². The molecular formula is C14H15BrN2O4S3. The van der Waals surface area contributed by atoms with E-state index in [1.807, 2.05) is 12.1 Å². The predicted octanol–water partition coefficient (Wildman–Crippen LogP) is 2.21. The summed E-state index contributed by atoms with van der Waals surface area (Å²) >= 11 is 9.54. The van der Waals surface area contributed by atoms with Crippen LogP contribution in [0.4, 0.5) is 0 Å². The summed E-state index contributed by atoms with van der Waals surface area (Å²) in [4.78, 5) is 12.3. The number of thioether (sulfide) groups is 1. The number of likely N-dealkylation sites (N-methyl/N-ethyl adjacent to an activating group) is 1. The van der Waals surface area contributed by atoms with E-state index in [0.717, 1.165) is 10.7 Å². The highest BCUT2D eigenvalue weighted by Crippen LogP contribution is 2.31. The summed E-state index contributed by atoms with van der Waals surface area (Å²) in [6, 6.07) is 5.38. The number of thiocarbonyl (C=S) groups is 1. The van der Waals surface area contributed by atoms with E-state index in [-0.39, 0.29) is 19.1 Å². The maximum atomic E-state index is 11.8. The summed E-state index contributed by atoms with van der Waals surface area (Å²) in [5.41, 5.74) is 0.703. The Morgan fingerprint density at radius 2 is 2.17 bits per heavy atom. The van der Waals surface area contributed by atoms with E-state index in [9.17, 15) is 13.2 Å². The lowest BCUT2D eigenvalue weighted by atomic mass is 10.2. The molecule has 0 spiro atoms. The topological polar surface area (TPSA) is 75.7 Å². The Hall–Kier alpha value is -0.940. The lowest BCUT2D eigenvalue weighted by molar-refractivity contribution is -0.115. The fraction of sp³-hybridized carbons (Fsp3) is 0.286. The van der Waals surface area contributed by atoms with Gasteiger partial charge in [0, 0.05) is 23.6 Å². The molecule has 0 atom stereocenters. The highest BCUT2D eigenvalue weighted by molar-refractivity contribution is 9.10. The summed E-state index contributed by atoms with van der Waals surface area (Å²) < 4.78 is 30.9. The molecule has 0 bridgehead atoms. The van der Waals surface area contributed by atoms with Gasteiger partial charge in [0.25, 0.3) is 5.91 Å². The third-order valence-electron chi connectivity index (χ3n) is 3.13. The molecule has 6 nitrogen and oxygen atoms in total. The normalized spacial score (nSPS) is 16.8. The molecule has 130 valence electrons. The van der Waals surface area contributed by atoms with Gasteiger partial charge in [0.15, 0.2) is 0 Å². The third kappa shape index (κ3) is 5.28. The molecule has 1 aliphatic rings. The maximum Gasteiger partial charge on any atom is 0.263 e. The van der Waals surface area contributed by atoms with Crippen LogP contribution >= 0.6 is 39.9 Å². The minimum atomic E-state index is -3.24. The number of benzene rings is 1. The minimum Gasteiger partial charge on any atom is -0.492 e. The molecular weight excluding hydrogens is 436 g/mol. The molecule has 24 heavy (non-hydrogen) atoms. The van der Waals surface area contributed by atoms with Gasteiger partial charge in [-0.3, -0.25) is 4.79 Å². The summed E-state index contributed by atoms with van der Waals surface area (Å²) in [7, 11) is -1.75. The van der Waals surface area contributed by atoms with Crippen LogP contribution in [0, 0.1) is 0 Å². The Morgan fingerprint density at radius 1 is 1.46 bits per heavy atom. The smallest absolute Gasteiger partial charge is 0.263 e. The van der Waals surface area contributed by atoms with Gasteiger partial charge in [-0.1, -0.05) is 39.9 Å². The van der Waals surface area contributed by atoms with Crippen molar-refractivity contribution in [1.29, 1.82) is 0 Å². The monoisotopic (exact) mass is 450 g/mol. The standard InChI is InChI=1S/C14H15BrN2O4S3/c1-17(24(2,19)20)5-6-21-11-4-3-10(15)7-9(11)8-12-13(18)16-14(22)23-12/h3-4,7-8H,5-6H2,1-2H3,(H,16,18,22)/b12-8-. The highest BCUT2D eigenvalue weighted by Gasteiger charge is 2.22. The molecule has 1 aromatic carbocycles. The zero-order valence-electron chi connectivity index (χ0n) is 12.9. The predicted molar refractivity (Wildman–Crippen MR) is 103 cm³/mol. The van der Waals surface area contributed by atoms with Gasteiger partial charge in [0.05, 0.1) is 11.2 Å². The molecule has 10 heteroatoms. The molecule has 1 amide bonds. The Bertz CT molecular complexity index is 808. The van der Waals surface area contributed by atoms with Crippen LogP contribution in [0.25, 0.3) is 6.08 Å². The molecule has 1 heterocycles. The van der Waals surface area contributed by atoms with Crippen LogP contribution in [0.2, 0.25) is 0 Å². The van der Waals surface area contributed by atoms with Crippen LogP contribution in [-0.2, 0) is 14.8 Å². The molecule has 1 aliphatic heterocycles. The van der Waals surface area contributed by atoms with Crippen molar-refractivity contribution in [3.8, 4) is 5.75 Å². The van der Waals surface area contributed by atoms with Gasteiger partial charge in [-0.25, -0.2) is 12.7 Å². The van der Waals surface area contributed by atoms with Crippen LogP contribution in [0.5, 0.6) is 5.75 Å². The lowest BCUT2D eigenvalue weighted by Crippen LogP contribution is -2.29. The van der Waals surface area contributed by atoms with E-state index in [1.165, 1.54) is 23.1 Å². The number of rotatable bonds is 6. The number of nitrogens with zero attached hydrogens (tertiary/aromatic N) is 1. The number of hydrogen-bond donors (Lipinski definition) is 1. The van der Waals surface area contributed by atoms with Gasteiger partial charge in [-0.2, -0.15) is 0 Å². The molecule has 1 saturated heterocycles. The molecule has 0 saturated carbocycles. The van der Waals surface area contributed by atoms with Crippen molar-refractivity contribution >= 4 is 66.2 Å². The first-order valence-corrected chi connectivity index (χ1v) is 10.6. The number of nitrogens with one attached hydrogen (secondary N) is 1. The first kappa shape index (κ1) is 19.4. The van der Waals surface area contributed by atoms with Gasteiger partial charge in [0.2, 0.25) is 10.0 Å². The SMILES string of the molecule is CN(CCOc1ccc(Br)cc1/C=C1\SC(=S)NC1=O)S(C)(=O)=O. The highest BCUT2D eigenvalue weighted by atomic mass is 79.9. The van der Waals surface area contributed by atoms with Crippen LogP contribution in [0.15, 0.2) is 27.6 Å². The average Bonchev–Trinajstić information content (AvgIpc) is 2.78. The number of amides is 1. The van der Waals surface area contributed by atoms with E-state index < -0.39 is 10.0 Å². The molecule has 1 aromatic rings. The van der Waals surface area contributed by atoms with Gasteiger partial charge in [-0.05, 0) is 24.3 Å². The number of carbonyl (C=O) groups excluding carboxylic acids is 1. The number of carbonyl (C=O) groups is 1. The van der Waals surface area contributed by atoms with Crippen LogP contribution in [0.3, 0.4) is 0 Å². The van der Waals surface area contributed by atoms with E-state index in [2.05, 4.69) is 21.2 Å². The van der Waals surface area contributed by atoms with Gasteiger partial charge >= 0.3 is 0 Å². The zero-order valence-corrected chi connectivity index (χ0v) is 16.9. The Kier molecular flexibility index (Phi) is 6.43.